The fraction of sp³-hybridized carbons (Fsp3) is 0.296. The molecule has 39 heavy (non-hydrogen) atoms. The Morgan fingerprint density at radius 3 is 2.59 bits per heavy atom. The Morgan fingerprint density at radius 2 is 1.85 bits per heavy atom. The molecule has 2 amide bonds. The molecular weight excluding hydrogens is 522 g/mol. The van der Waals surface area contributed by atoms with Crippen LogP contribution in [0.5, 0.6) is 11.5 Å². The number of carbonyl (C=O) groups excluding carboxylic acids is 2. The van der Waals surface area contributed by atoms with Crippen molar-refractivity contribution in [1.82, 2.24) is 20.0 Å². The van der Waals surface area contributed by atoms with Crippen LogP contribution in [0.1, 0.15) is 17.7 Å². The third kappa shape index (κ3) is 7.17. The number of methoxy groups -OCH3 is 2. The Kier molecular flexibility index (Phi) is 9.21. The zero-order chi connectivity index (χ0) is 27.8. The van der Waals surface area contributed by atoms with E-state index in [0.29, 0.717) is 52.1 Å². The van der Waals surface area contributed by atoms with Gasteiger partial charge in [-0.25, -0.2) is 4.98 Å². The summed E-state index contributed by atoms with van der Waals surface area (Å²) in [6.45, 7) is 2.26. The molecule has 0 atom stereocenters. The molecule has 204 valence electrons. The van der Waals surface area contributed by atoms with E-state index in [0.717, 1.165) is 17.3 Å². The van der Waals surface area contributed by atoms with Crippen molar-refractivity contribution in [2.45, 2.75) is 31.5 Å². The Balaban J connectivity index is 1.39. The highest BCUT2D eigenvalue weighted by atomic mass is 32.2. The van der Waals surface area contributed by atoms with E-state index in [1.807, 2.05) is 18.2 Å². The van der Waals surface area contributed by atoms with Gasteiger partial charge in [-0.15, -0.1) is 0 Å². The van der Waals surface area contributed by atoms with Gasteiger partial charge in [-0.05, 0) is 43.2 Å². The Labute approximate surface area is 228 Å². The Morgan fingerprint density at radius 1 is 1.05 bits per heavy atom. The third-order valence-corrected chi connectivity index (χ3v) is 6.78. The summed E-state index contributed by atoms with van der Waals surface area (Å²) in [5, 5.41) is 10.1. The number of hydrogen-bond acceptors (Lipinski definition) is 9. The number of rotatable bonds is 12. The lowest BCUT2D eigenvalue weighted by atomic mass is 10.1. The van der Waals surface area contributed by atoms with Crippen molar-refractivity contribution in [3.8, 4) is 11.5 Å². The van der Waals surface area contributed by atoms with E-state index in [2.05, 4.69) is 20.8 Å². The van der Waals surface area contributed by atoms with Crippen molar-refractivity contribution in [2.75, 3.05) is 31.8 Å². The predicted molar refractivity (Wildman–Crippen MR) is 147 cm³/mol. The molecule has 0 aliphatic rings. The number of anilines is 1. The summed E-state index contributed by atoms with van der Waals surface area (Å²) in [5.41, 5.74) is 1.24. The third-order valence-electron chi connectivity index (χ3n) is 5.80. The lowest BCUT2D eigenvalue weighted by molar-refractivity contribution is -0.121. The van der Waals surface area contributed by atoms with Crippen molar-refractivity contribution in [1.29, 1.82) is 0 Å². The SMILES string of the molecule is COc1ccc(CCNC(=O)CCn2c(SCC(=O)Nc3cc(C)on3)nc3ccccc3c2=O)cc1OC. The summed E-state index contributed by atoms with van der Waals surface area (Å²) in [5.74, 6) is 1.62. The second-order valence-electron chi connectivity index (χ2n) is 8.57. The first-order chi connectivity index (χ1) is 18.9. The van der Waals surface area contributed by atoms with E-state index < -0.39 is 0 Å². The van der Waals surface area contributed by atoms with Crippen molar-refractivity contribution < 1.29 is 23.6 Å². The standard InChI is InChI=1S/C27H29N5O6S/c1-17-14-23(31-38-17)30-25(34)16-39-27-29-20-7-5-4-6-19(20)26(35)32(27)13-11-24(33)28-12-10-18-8-9-21(36-2)22(15-18)37-3/h4-9,14-15H,10-13,16H2,1-3H3,(H,28,33)(H,30,31,34). The monoisotopic (exact) mass is 551 g/mol. The molecule has 2 aromatic heterocycles. The highest BCUT2D eigenvalue weighted by Crippen LogP contribution is 2.27. The van der Waals surface area contributed by atoms with Gasteiger partial charge in [0, 0.05) is 25.6 Å². The number of amides is 2. The van der Waals surface area contributed by atoms with Gasteiger partial charge in [0.05, 0.1) is 30.9 Å². The summed E-state index contributed by atoms with van der Waals surface area (Å²) in [7, 11) is 3.15. The molecule has 0 radical (unpaired) electrons. The van der Waals surface area contributed by atoms with Gasteiger partial charge in [-0.1, -0.05) is 35.1 Å². The number of hydrogen-bond donors (Lipinski definition) is 2. The molecule has 4 rings (SSSR count). The molecule has 0 spiro atoms. The molecule has 4 aromatic rings. The van der Waals surface area contributed by atoms with Crippen LogP contribution in [0.2, 0.25) is 0 Å². The lowest BCUT2D eigenvalue weighted by Crippen LogP contribution is -2.30. The maximum Gasteiger partial charge on any atom is 0.262 e. The molecular formula is C27H29N5O6S. The van der Waals surface area contributed by atoms with Gasteiger partial charge < -0.3 is 24.6 Å². The molecule has 0 fully saturated rings. The molecule has 0 bridgehead atoms. The van der Waals surface area contributed by atoms with Gasteiger partial charge >= 0.3 is 0 Å². The van der Waals surface area contributed by atoms with Crippen LogP contribution >= 0.6 is 11.8 Å². The number of benzene rings is 2. The summed E-state index contributed by atoms with van der Waals surface area (Å²) < 4.78 is 17.0. The molecule has 0 aliphatic carbocycles. The Bertz CT molecular complexity index is 1530. The quantitative estimate of drug-likeness (QED) is 0.201. The highest BCUT2D eigenvalue weighted by Gasteiger charge is 2.15. The van der Waals surface area contributed by atoms with Crippen LogP contribution in [-0.4, -0.2) is 53.0 Å². The normalized spacial score (nSPS) is 10.8. The average Bonchev–Trinajstić information content (AvgIpc) is 3.35. The minimum atomic E-state index is -0.324. The largest absolute Gasteiger partial charge is 0.493 e. The van der Waals surface area contributed by atoms with E-state index in [9.17, 15) is 14.4 Å². The number of nitrogens with one attached hydrogen (secondary N) is 2. The predicted octanol–water partition coefficient (Wildman–Crippen LogP) is 3.19. The second kappa shape index (κ2) is 13.0. The van der Waals surface area contributed by atoms with Gasteiger partial charge in [0.2, 0.25) is 11.8 Å². The summed E-state index contributed by atoms with van der Waals surface area (Å²) in [4.78, 5) is 42.9. The number of aryl methyl sites for hydroxylation is 1. The molecule has 12 heteroatoms. The summed E-state index contributed by atoms with van der Waals surface area (Å²) >= 11 is 1.11. The first-order valence-electron chi connectivity index (χ1n) is 12.2. The first kappa shape index (κ1) is 27.7. The lowest BCUT2D eigenvalue weighted by Gasteiger charge is -2.13. The van der Waals surface area contributed by atoms with Crippen LogP contribution in [0, 0.1) is 6.92 Å². The fourth-order valence-electron chi connectivity index (χ4n) is 3.87. The smallest absolute Gasteiger partial charge is 0.262 e. The molecule has 2 N–H and O–H groups in total. The van der Waals surface area contributed by atoms with Crippen LogP contribution in [0.4, 0.5) is 5.82 Å². The second-order valence-corrected chi connectivity index (χ2v) is 9.51. The highest BCUT2D eigenvalue weighted by molar-refractivity contribution is 7.99. The number of nitrogens with zero attached hydrogens (tertiary/aromatic N) is 3. The van der Waals surface area contributed by atoms with Gasteiger partial charge in [0.1, 0.15) is 5.76 Å². The minimum Gasteiger partial charge on any atom is -0.493 e. The zero-order valence-electron chi connectivity index (χ0n) is 21.9. The van der Waals surface area contributed by atoms with E-state index >= 15 is 0 Å². The summed E-state index contributed by atoms with van der Waals surface area (Å²) in [6.07, 6.45) is 0.675. The number of thioether (sulfide) groups is 1. The van der Waals surface area contributed by atoms with Crippen molar-refractivity contribution in [3.05, 3.63) is 70.2 Å². The van der Waals surface area contributed by atoms with Gasteiger partial charge in [-0.3, -0.25) is 19.0 Å². The first-order valence-corrected chi connectivity index (χ1v) is 13.2. The number of ether oxygens (including phenoxy) is 2. The number of fused-ring (bicyclic) bond motifs is 1. The van der Waals surface area contributed by atoms with Gasteiger partial charge in [-0.2, -0.15) is 0 Å². The van der Waals surface area contributed by atoms with E-state index in [1.165, 1.54) is 4.57 Å². The molecule has 2 aromatic carbocycles. The average molecular weight is 552 g/mol. The van der Waals surface area contributed by atoms with Crippen LogP contribution < -0.4 is 25.7 Å². The van der Waals surface area contributed by atoms with Crippen LogP contribution in [-0.2, 0) is 22.6 Å². The number of para-hydroxylation sites is 1. The maximum absolute atomic E-state index is 13.2. The van der Waals surface area contributed by atoms with Crippen molar-refractivity contribution in [3.63, 3.8) is 0 Å². The van der Waals surface area contributed by atoms with Crippen molar-refractivity contribution >= 4 is 40.3 Å². The van der Waals surface area contributed by atoms with E-state index in [4.69, 9.17) is 14.0 Å². The van der Waals surface area contributed by atoms with E-state index in [1.54, 1.807) is 51.5 Å². The van der Waals surface area contributed by atoms with Crippen LogP contribution in [0.3, 0.4) is 0 Å². The molecule has 2 heterocycles. The molecule has 11 nitrogen and oxygen atoms in total. The van der Waals surface area contributed by atoms with Crippen LogP contribution in [0.15, 0.2) is 63.0 Å². The number of carbonyl (C=O) groups is 2. The molecule has 0 saturated heterocycles. The minimum absolute atomic E-state index is 0.00575. The Hall–Kier alpha value is -4.32. The molecule has 0 saturated carbocycles. The molecule has 0 aliphatic heterocycles. The summed E-state index contributed by atoms with van der Waals surface area (Å²) in [6, 6.07) is 14.2. The topological polar surface area (TPSA) is 138 Å². The van der Waals surface area contributed by atoms with Crippen molar-refractivity contribution in [2.24, 2.45) is 0 Å². The van der Waals surface area contributed by atoms with Gasteiger partial charge in [0.25, 0.3) is 5.56 Å². The maximum atomic E-state index is 13.2. The molecule has 0 unspecified atom stereocenters. The van der Waals surface area contributed by atoms with Crippen LogP contribution in [0.25, 0.3) is 10.9 Å². The number of aromatic nitrogens is 3. The fourth-order valence-corrected chi connectivity index (χ4v) is 4.70. The van der Waals surface area contributed by atoms with Gasteiger partial charge in [0.15, 0.2) is 22.5 Å². The zero-order valence-corrected chi connectivity index (χ0v) is 22.7. The van der Waals surface area contributed by atoms with E-state index in [-0.39, 0.29) is 36.1 Å².